The fourth-order valence-electron chi connectivity index (χ4n) is 2.74. The van der Waals surface area contributed by atoms with E-state index in [9.17, 15) is 4.79 Å². The molecule has 1 aromatic heterocycles. The molecule has 24 heavy (non-hydrogen) atoms. The Hall–Kier alpha value is -1.85. The minimum absolute atomic E-state index is 0. The lowest BCUT2D eigenvalue weighted by Gasteiger charge is -2.29. The highest BCUT2D eigenvalue weighted by Crippen LogP contribution is 2.21. The van der Waals surface area contributed by atoms with Crippen molar-refractivity contribution in [2.45, 2.75) is 27.7 Å². The van der Waals surface area contributed by atoms with Crippen molar-refractivity contribution < 1.29 is 4.79 Å². The van der Waals surface area contributed by atoms with E-state index in [4.69, 9.17) is 5.73 Å². The molecule has 0 aliphatic heterocycles. The van der Waals surface area contributed by atoms with Crippen LogP contribution in [0.2, 0.25) is 0 Å². The SMILES string of the molecule is Cc1nn(-c2ccccc2)c(C)c1C(=O)N(C)CC(C)(C)CN.Cl. The van der Waals surface area contributed by atoms with Gasteiger partial charge in [-0.1, -0.05) is 32.0 Å². The van der Waals surface area contributed by atoms with E-state index >= 15 is 0 Å². The molecule has 0 saturated carbocycles. The quantitative estimate of drug-likeness (QED) is 0.901. The molecule has 1 amide bonds. The summed E-state index contributed by atoms with van der Waals surface area (Å²) >= 11 is 0. The van der Waals surface area contributed by atoms with Crippen molar-refractivity contribution in [3.63, 3.8) is 0 Å². The van der Waals surface area contributed by atoms with Crippen LogP contribution in [0.15, 0.2) is 30.3 Å². The summed E-state index contributed by atoms with van der Waals surface area (Å²) in [7, 11) is 1.82. The first-order valence-corrected chi connectivity index (χ1v) is 7.84. The molecule has 132 valence electrons. The van der Waals surface area contributed by atoms with Gasteiger partial charge < -0.3 is 10.6 Å². The van der Waals surface area contributed by atoms with Crippen LogP contribution in [0.1, 0.15) is 35.6 Å². The summed E-state index contributed by atoms with van der Waals surface area (Å²) in [6, 6.07) is 9.85. The monoisotopic (exact) mass is 350 g/mol. The number of aryl methyl sites for hydroxylation is 1. The summed E-state index contributed by atoms with van der Waals surface area (Å²) in [5.74, 6) is -0.0105. The van der Waals surface area contributed by atoms with Crippen molar-refractivity contribution in [1.29, 1.82) is 0 Å². The minimum atomic E-state index is -0.109. The van der Waals surface area contributed by atoms with Gasteiger partial charge in [-0.3, -0.25) is 4.79 Å². The van der Waals surface area contributed by atoms with Gasteiger partial charge in [0.05, 0.1) is 22.6 Å². The van der Waals surface area contributed by atoms with Gasteiger partial charge in [0.1, 0.15) is 0 Å². The Kier molecular flexibility index (Phi) is 6.58. The topological polar surface area (TPSA) is 64.2 Å². The molecule has 1 aromatic carbocycles. The van der Waals surface area contributed by atoms with Crippen molar-refractivity contribution in [2.75, 3.05) is 20.1 Å². The molecule has 0 atom stereocenters. The van der Waals surface area contributed by atoms with Crippen molar-refractivity contribution in [3.8, 4) is 5.69 Å². The molecule has 0 aliphatic carbocycles. The molecule has 0 spiro atoms. The average molecular weight is 351 g/mol. The van der Waals surface area contributed by atoms with E-state index in [1.54, 1.807) is 4.90 Å². The van der Waals surface area contributed by atoms with E-state index in [2.05, 4.69) is 18.9 Å². The van der Waals surface area contributed by atoms with Crippen LogP contribution in [0.5, 0.6) is 0 Å². The molecule has 6 heteroatoms. The van der Waals surface area contributed by atoms with E-state index in [1.807, 2.05) is 55.9 Å². The van der Waals surface area contributed by atoms with Crippen LogP contribution < -0.4 is 5.73 Å². The first kappa shape index (κ1) is 20.2. The van der Waals surface area contributed by atoms with Gasteiger partial charge in [0, 0.05) is 13.6 Å². The average Bonchev–Trinajstić information content (AvgIpc) is 2.82. The van der Waals surface area contributed by atoms with Crippen LogP contribution in [0.25, 0.3) is 5.69 Å². The third-order valence-electron chi connectivity index (χ3n) is 4.07. The number of para-hydroxylation sites is 1. The Morgan fingerprint density at radius 2 is 1.83 bits per heavy atom. The molecule has 1 heterocycles. The number of aromatic nitrogens is 2. The first-order chi connectivity index (χ1) is 10.8. The molecule has 2 rings (SSSR count). The van der Waals surface area contributed by atoms with Crippen molar-refractivity contribution >= 4 is 18.3 Å². The maximum Gasteiger partial charge on any atom is 0.257 e. The highest BCUT2D eigenvalue weighted by molar-refractivity contribution is 5.96. The second-order valence-corrected chi connectivity index (χ2v) is 6.82. The van der Waals surface area contributed by atoms with Crippen LogP contribution in [-0.4, -0.2) is 40.7 Å². The second-order valence-electron chi connectivity index (χ2n) is 6.82. The Morgan fingerprint density at radius 1 is 1.25 bits per heavy atom. The number of carbonyl (C=O) groups is 1. The third kappa shape index (κ3) is 4.16. The summed E-state index contributed by atoms with van der Waals surface area (Å²) < 4.78 is 1.82. The number of halogens is 1. The van der Waals surface area contributed by atoms with Gasteiger partial charge in [-0.15, -0.1) is 12.4 Å². The van der Waals surface area contributed by atoms with Crippen LogP contribution >= 0.6 is 12.4 Å². The lowest BCUT2D eigenvalue weighted by atomic mass is 9.93. The largest absolute Gasteiger partial charge is 0.341 e. The summed E-state index contributed by atoms with van der Waals surface area (Å²) in [5, 5.41) is 4.55. The van der Waals surface area contributed by atoms with Crippen molar-refractivity contribution in [1.82, 2.24) is 14.7 Å². The molecule has 0 fully saturated rings. The zero-order chi connectivity index (χ0) is 17.2. The van der Waals surface area contributed by atoms with E-state index in [0.717, 1.165) is 17.1 Å². The van der Waals surface area contributed by atoms with Gasteiger partial charge in [0.2, 0.25) is 0 Å². The fourth-order valence-corrected chi connectivity index (χ4v) is 2.74. The molecule has 0 radical (unpaired) electrons. The lowest BCUT2D eigenvalue weighted by Crippen LogP contribution is -2.40. The summed E-state index contributed by atoms with van der Waals surface area (Å²) in [6.07, 6.45) is 0. The van der Waals surface area contributed by atoms with Crippen molar-refractivity contribution in [3.05, 3.63) is 47.3 Å². The van der Waals surface area contributed by atoms with Gasteiger partial charge in [-0.2, -0.15) is 5.10 Å². The van der Waals surface area contributed by atoms with E-state index in [-0.39, 0.29) is 23.7 Å². The molecule has 5 nitrogen and oxygen atoms in total. The van der Waals surface area contributed by atoms with Gasteiger partial charge in [0.15, 0.2) is 0 Å². The van der Waals surface area contributed by atoms with Crippen LogP contribution in [0.3, 0.4) is 0 Å². The molecule has 2 N–H and O–H groups in total. The predicted molar refractivity (Wildman–Crippen MR) is 100 cm³/mol. The molecular weight excluding hydrogens is 324 g/mol. The Bertz CT molecular complexity index is 695. The number of hydrogen-bond acceptors (Lipinski definition) is 3. The molecule has 0 bridgehead atoms. The number of amides is 1. The van der Waals surface area contributed by atoms with Gasteiger partial charge >= 0.3 is 0 Å². The maximum atomic E-state index is 12.9. The summed E-state index contributed by atoms with van der Waals surface area (Å²) in [6.45, 7) is 9.07. The smallest absolute Gasteiger partial charge is 0.257 e. The summed E-state index contributed by atoms with van der Waals surface area (Å²) in [5.41, 5.74) is 8.90. The van der Waals surface area contributed by atoms with Gasteiger partial charge in [0.25, 0.3) is 5.91 Å². The summed E-state index contributed by atoms with van der Waals surface area (Å²) in [4.78, 5) is 14.6. The zero-order valence-corrected chi connectivity index (χ0v) is 15.9. The van der Waals surface area contributed by atoms with Gasteiger partial charge in [-0.05, 0) is 37.9 Å². The number of nitrogens with zero attached hydrogens (tertiary/aromatic N) is 3. The highest BCUT2D eigenvalue weighted by Gasteiger charge is 2.26. The van der Waals surface area contributed by atoms with E-state index in [1.165, 1.54) is 0 Å². The zero-order valence-electron chi connectivity index (χ0n) is 15.0. The normalized spacial score (nSPS) is 11.1. The van der Waals surface area contributed by atoms with Crippen molar-refractivity contribution in [2.24, 2.45) is 11.1 Å². The van der Waals surface area contributed by atoms with Crippen LogP contribution in [0.4, 0.5) is 0 Å². The Morgan fingerprint density at radius 3 is 2.38 bits per heavy atom. The van der Waals surface area contributed by atoms with Crippen LogP contribution in [0, 0.1) is 19.3 Å². The molecule has 0 aliphatic rings. The minimum Gasteiger partial charge on any atom is -0.341 e. The predicted octanol–water partition coefficient (Wildman–Crippen LogP) is 2.97. The standard InChI is InChI=1S/C18H26N4O.ClH/c1-13-16(17(23)21(5)12-18(3,4)11-19)14(2)22(20-13)15-9-7-6-8-10-15;/h6-10H,11-12,19H2,1-5H3;1H. The number of hydrogen-bond donors (Lipinski definition) is 1. The molecule has 2 aromatic rings. The first-order valence-electron chi connectivity index (χ1n) is 7.84. The van der Waals surface area contributed by atoms with Gasteiger partial charge in [-0.25, -0.2) is 4.68 Å². The number of rotatable bonds is 5. The van der Waals surface area contributed by atoms with E-state index in [0.29, 0.717) is 18.7 Å². The maximum absolute atomic E-state index is 12.9. The Labute approximate surface area is 150 Å². The third-order valence-corrected chi connectivity index (χ3v) is 4.07. The van der Waals surface area contributed by atoms with Crippen LogP contribution in [-0.2, 0) is 0 Å². The lowest BCUT2D eigenvalue weighted by molar-refractivity contribution is 0.0739. The highest BCUT2D eigenvalue weighted by atomic mass is 35.5. The van der Waals surface area contributed by atoms with E-state index < -0.39 is 0 Å². The number of benzene rings is 1. The second kappa shape index (κ2) is 7.81. The molecule has 0 unspecified atom stereocenters. The molecule has 0 saturated heterocycles. The molecular formula is C18H27ClN4O. The number of nitrogens with two attached hydrogens (primary N) is 1. The number of carbonyl (C=O) groups excluding carboxylic acids is 1. The Balaban J connectivity index is 0.00000288. The fraction of sp³-hybridized carbons (Fsp3) is 0.444.